The average Bonchev–Trinajstić information content (AvgIpc) is 3.21. The zero-order chi connectivity index (χ0) is 20.8. The lowest BCUT2D eigenvalue weighted by Crippen LogP contribution is -2.42. The Bertz CT molecular complexity index is 774. The second-order valence-electron chi connectivity index (χ2n) is 7.85. The van der Waals surface area contributed by atoms with Gasteiger partial charge in [-0.3, -0.25) is 9.69 Å². The highest BCUT2D eigenvalue weighted by Gasteiger charge is 2.16. The summed E-state index contributed by atoms with van der Waals surface area (Å²) in [6.07, 6.45) is 1.89. The van der Waals surface area contributed by atoms with E-state index < -0.39 is 0 Å². The Hall–Kier alpha value is -1.96. The Morgan fingerprint density at radius 3 is 2.52 bits per heavy atom. The van der Waals surface area contributed by atoms with Gasteiger partial charge in [0.25, 0.3) is 5.91 Å². The van der Waals surface area contributed by atoms with Crippen molar-refractivity contribution in [1.82, 2.24) is 15.2 Å². The molecular weight excluding hydrogens is 384 g/mol. The number of ether oxygens (including phenoxy) is 1. The SMILES string of the molecule is CC(C)N(CCNC(=O)c1ccc(-c2ccc(N3CCOCC3)nc2)s1)C(C)C. The normalized spacial score (nSPS) is 14.8. The molecule has 3 heterocycles. The molecule has 0 aliphatic carbocycles. The molecule has 0 radical (unpaired) electrons. The fourth-order valence-corrected chi connectivity index (χ4v) is 4.54. The third kappa shape index (κ3) is 5.78. The van der Waals surface area contributed by atoms with Crippen molar-refractivity contribution in [2.75, 3.05) is 44.3 Å². The van der Waals surface area contributed by atoms with Gasteiger partial charge < -0.3 is 15.0 Å². The molecule has 0 aromatic carbocycles. The van der Waals surface area contributed by atoms with Crippen LogP contribution in [0.3, 0.4) is 0 Å². The van der Waals surface area contributed by atoms with Gasteiger partial charge in [-0.2, -0.15) is 0 Å². The molecule has 0 spiro atoms. The number of hydrogen-bond donors (Lipinski definition) is 1. The summed E-state index contributed by atoms with van der Waals surface area (Å²) in [7, 11) is 0. The number of anilines is 1. The number of carbonyl (C=O) groups is 1. The number of morpholine rings is 1. The van der Waals surface area contributed by atoms with Crippen LogP contribution in [0.15, 0.2) is 30.5 Å². The Morgan fingerprint density at radius 1 is 1.17 bits per heavy atom. The van der Waals surface area contributed by atoms with Gasteiger partial charge in [0, 0.05) is 54.9 Å². The first-order valence-electron chi connectivity index (χ1n) is 10.4. The molecule has 2 aromatic heterocycles. The van der Waals surface area contributed by atoms with Gasteiger partial charge in [0.1, 0.15) is 5.82 Å². The molecule has 2 aromatic rings. The topological polar surface area (TPSA) is 57.7 Å². The van der Waals surface area contributed by atoms with E-state index in [-0.39, 0.29) is 5.91 Å². The molecule has 6 nitrogen and oxygen atoms in total. The number of hydrogen-bond acceptors (Lipinski definition) is 6. The Labute approximate surface area is 177 Å². The lowest BCUT2D eigenvalue weighted by atomic mass is 10.2. The van der Waals surface area contributed by atoms with Crippen molar-refractivity contribution in [3.8, 4) is 10.4 Å². The molecule has 1 aliphatic heterocycles. The number of rotatable bonds is 8. The summed E-state index contributed by atoms with van der Waals surface area (Å²) in [6, 6.07) is 8.95. The van der Waals surface area contributed by atoms with Crippen LogP contribution in [0.1, 0.15) is 37.4 Å². The van der Waals surface area contributed by atoms with Crippen LogP contribution in [0.5, 0.6) is 0 Å². The summed E-state index contributed by atoms with van der Waals surface area (Å²) >= 11 is 1.51. The fraction of sp³-hybridized carbons (Fsp3) is 0.545. The Kier molecular flexibility index (Phi) is 7.64. The second kappa shape index (κ2) is 10.2. The lowest BCUT2D eigenvalue weighted by Gasteiger charge is -2.30. The number of thiophene rings is 1. The second-order valence-corrected chi connectivity index (χ2v) is 8.93. The maximum atomic E-state index is 12.5. The molecule has 1 N–H and O–H groups in total. The predicted molar refractivity (Wildman–Crippen MR) is 120 cm³/mol. The number of pyridine rings is 1. The molecule has 0 bridgehead atoms. The largest absolute Gasteiger partial charge is 0.378 e. The Balaban J connectivity index is 1.56. The van der Waals surface area contributed by atoms with Crippen molar-refractivity contribution in [2.45, 2.75) is 39.8 Å². The van der Waals surface area contributed by atoms with Crippen molar-refractivity contribution in [3.63, 3.8) is 0 Å². The molecule has 0 saturated carbocycles. The highest BCUT2D eigenvalue weighted by atomic mass is 32.1. The highest BCUT2D eigenvalue weighted by Crippen LogP contribution is 2.28. The molecular formula is C22H32N4O2S. The molecule has 1 aliphatic rings. The molecule has 158 valence electrons. The van der Waals surface area contributed by atoms with E-state index in [1.54, 1.807) is 0 Å². The standard InChI is InChI=1S/C22H32N4O2S/c1-16(2)26(17(3)4)10-9-23-22(27)20-7-6-19(29-20)18-5-8-21(24-15-18)25-11-13-28-14-12-25/h5-8,15-17H,9-14H2,1-4H3,(H,23,27). The van der Waals surface area contributed by atoms with E-state index in [4.69, 9.17) is 4.74 Å². The number of carbonyl (C=O) groups excluding carboxylic acids is 1. The molecule has 1 fully saturated rings. The molecule has 0 unspecified atom stereocenters. The quantitative estimate of drug-likeness (QED) is 0.714. The van der Waals surface area contributed by atoms with Gasteiger partial charge in [-0.15, -0.1) is 11.3 Å². The van der Waals surface area contributed by atoms with Gasteiger partial charge in [-0.1, -0.05) is 0 Å². The van der Waals surface area contributed by atoms with Crippen LogP contribution >= 0.6 is 11.3 Å². The third-order valence-corrected chi connectivity index (χ3v) is 6.31. The number of nitrogens with zero attached hydrogens (tertiary/aromatic N) is 3. The molecule has 1 saturated heterocycles. The number of amides is 1. The van der Waals surface area contributed by atoms with Gasteiger partial charge in [0.05, 0.1) is 18.1 Å². The van der Waals surface area contributed by atoms with Crippen molar-refractivity contribution in [2.24, 2.45) is 0 Å². The summed E-state index contributed by atoms with van der Waals surface area (Å²) in [5, 5.41) is 3.05. The fourth-order valence-electron chi connectivity index (χ4n) is 3.62. The van der Waals surface area contributed by atoms with Gasteiger partial charge in [-0.05, 0) is 52.0 Å². The van der Waals surface area contributed by atoms with Crippen LogP contribution < -0.4 is 10.2 Å². The van der Waals surface area contributed by atoms with Crippen molar-refractivity contribution >= 4 is 23.1 Å². The van der Waals surface area contributed by atoms with Crippen LogP contribution in [-0.4, -0.2) is 67.3 Å². The molecule has 7 heteroatoms. The molecule has 3 rings (SSSR count). The Morgan fingerprint density at radius 2 is 1.90 bits per heavy atom. The van der Waals surface area contributed by atoms with Gasteiger partial charge in [-0.25, -0.2) is 4.98 Å². The maximum Gasteiger partial charge on any atom is 0.261 e. The molecule has 1 amide bonds. The molecule has 29 heavy (non-hydrogen) atoms. The first kappa shape index (κ1) is 21.7. The summed E-state index contributed by atoms with van der Waals surface area (Å²) in [6.45, 7) is 13.5. The van der Waals surface area contributed by atoms with Crippen LogP contribution in [-0.2, 0) is 4.74 Å². The van der Waals surface area contributed by atoms with Gasteiger partial charge in [0.2, 0.25) is 0 Å². The zero-order valence-electron chi connectivity index (χ0n) is 17.9. The molecule has 0 atom stereocenters. The first-order valence-corrected chi connectivity index (χ1v) is 11.2. The summed E-state index contributed by atoms with van der Waals surface area (Å²) in [5.74, 6) is 0.970. The minimum absolute atomic E-state index is 0.00777. The minimum Gasteiger partial charge on any atom is -0.378 e. The lowest BCUT2D eigenvalue weighted by molar-refractivity contribution is 0.0943. The smallest absolute Gasteiger partial charge is 0.261 e. The zero-order valence-corrected chi connectivity index (χ0v) is 18.7. The van der Waals surface area contributed by atoms with Crippen molar-refractivity contribution in [1.29, 1.82) is 0 Å². The first-order chi connectivity index (χ1) is 14.0. The number of nitrogens with one attached hydrogen (secondary N) is 1. The van der Waals surface area contributed by atoms with Crippen molar-refractivity contribution in [3.05, 3.63) is 35.3 Å². The predicted octanol–water partition coefficient (Wildman–Crippen LogP) is 3.50. The van der Waals surface area contributed by atoms with E-state index in [2.05, 4.69) is 53.9 Å². The van der Waals surface area contributed by atoms with Gasteiger partial charge in [0.15, 0.2) is 0 Å². The van der Waals surface area contributed by atoms with Crippen molar-refractivity contribution < 1.29 is 9.53 Å². The number of aromatic nitrogens is 1. The van der Waals surface area contributed by atoms with Crippen LogP contribution in [0.4, 0.5) is 5.82 Å². The highest BCUT2D eigenvalue weighted by molar-refractivity contribution is 7.17. The van der Waals surface area contributed by atoms with E-state index in [1.165, 1.54) is 11.3 Å². The van der Waals surface area contributed by atoms with E-state index in [0.717, 1.165) is 54.0 Å². The third-order valence-electron chi connectivity index (χ3n) is 5.18. The monoisotopic (exact) mass is 416 g/mol. The van der Waals surface area contributed by atoms with E-state index >= 15 is 0 Å². The summed E-state index contributed by atoms with van der Waals surface area (Å²) in [4.78, 5) is 23.5. The van der Waals surface area contributed by atoms with Crippen LogP contribution in [0.2, 0.25) is 0 Å². The van der Waals surface area contributed by atoms with Gasteiger partial charge >= 0.3 is 0 Å². The average molecular weight is 417 g/mol. The minimum atomic E-state index is -0.00777. The summed E-state index contributed by atoms with van der Waals surface area (Å²) in [5.41, 5.74) is 1.04. The van der Waals surface area contributed by atoms with E-state index in [0.29, 0.717) is 18.6 Å². The maximum absolute atomic E-state index is 12.5. The van der Waals surface area contributed by atoms with Crippen LogP contribution in [0.25, 0.3) is 10.4 Å². The summed E-state index contributed by atoms with van der Waals surface area (Å²) < 4.78 is 5.40. The van der Waals surface area contributed by atoms with E-state index in [9.17, 15) is 4.79 Å². The van der Waals surface area contributed by atoms with E-state index in [1.807, 2.05) is 24.4 Å². The van der Waals surface area contributed by atoms with Crippen LogP contribution in [0, 0.1) is 0 Å².